The molecule has 1 fully saturated rings. The Hall–Kier alpha value is -3.35. The highest BCUT2D eigenvalue weighted by atomic mass is 16.5. The summed E-state index contributed by atoms with van der Waals surface area (Å²) < 4.78 is 5.67. The Kier molecular flexibility index (Phi) is 7.73. The van der Waals surface area contributed by atoms with Crippen LogP contribution in [0.25, 0.3) is 11.1 Å². The predicted octanol–water partition coefficient (Wildman–Crippen LogP) is 4.85. The summed E-state index contributed by atoms with van der Waals surface area (Å²) in [6, 6.07) is 16.0. The number of carboxylic acids is 1. The Morgan fingerprint density at radius 2 is 1.60 bits per heavy atom. The van der Waals surface area contributed by atoms with Crippen molar-refractivity contribution >= 4 is 18.0 Å². The van der Waals surface area contributed by atoms with Crippen LogP contribution >= 0.6 is 0 Å². The van der Waals surface area contributed by atoms with Gasteiger partial charge in [-0.15, -0.1) is 0 Å². The van der Waals surface area contributed by atoms with E-state index in [-0.39, 0.29) is 36.7 Å². The normalized spacial score (nSPS) is 17.1. The molecule has 0 saturated heterocycles. The van der Waals surface area contributed by atoms with E-state index in [0.29, 0.717) is 6.54 Å². The van der Waals surface area contributed by atoms with Crippen molar-refractivity contribution in [1.29, 1.82) is 0 Å². The lowest BCUT2D eigenvalue weighted by Crippen LogP contribution is -2.44. The average molecular weight is 479 g/mol. The van der Waals surface area contributed by atoms with E-state index in [0.717, 1.165) is 43.2 Å². The maximum absolute atomic E-state index is 12.7. The number of nitrogens with one attached hydrogen (secondary N) is 2. The monoisotopic (exact) mass is 478 g/mol. The Bertz CT molecular complexity index is 1030. The summed E-state index contributed by atoms with van der Waals surface area (Å²) in [6.45, 7) is 2.30. The molecule has 0 bridgehead atoms. The van der Waals surface area contributed by atoms with Gasteiger partial charge in [-0.25, -0.2) is 4.79 Å². The van der Waals surface area contributed by atoms with Crippen LogP contribution in [0, 0.1) is 5.41 Å². The summed E-state index contributed by atoms with van der Waals surface area (Å²) in [6.07, 6.45) is 4.49. The quantitative estimate of drug-likeness (QED) is 0.478. The first-order chi connectivity index (χ1) is 16.9. The molecule has 7 heteroatoms. The smallest absolute Gasteiger partial charge is 0.407 e. The van der Waals surface area contributed by atoms with Gasteiger partial charge in [0.2, 0.25) is 5.91 Å². The van der Waals surface area contributed by atoms with Gasteiger partial charge < -0.3 is 20.5 Å². The first-order valence-electron chi connectivity index (χ1n) is 12.5. The highest BCUT2D eigenvalue weighted by Crippen LogP contribution is 2.44. The van der Waals surface area contributed by atoms with Crippen molar-refractivity contribution in [3.05, 3.63) is 59.7 Å². The topological polar surface area (TPSA) is 105 Å². The molecule has 2 amide bonds. The van der Waals surface area contributed by atoms with Gasteiger partial charge in [0.25, 0.3) is 0 Å². The fraction of sp³-hybridized carbons (Fsp3) is 0.464. The summed E-state index contributed by atoms with van der Waals surface area (Å²) >= 11 is 0. The molecule has 2 aliphatic rings. The van der Waals surface area contributed by atoms with Gasteiger partial charge in [0.15, 0.2) is 0 Å². The highest BCUT2D eigenvalue weighted by Gasteiger charge is 2.35. The molecular weight excluding hydrogens is 444 g/mol. The van der Waals surface area contributed by atoms with Crippen LogP contribution in [-0.4, -0.2) is 42.3 Å². The van der Waals surface area contributed by atoms with Gasteiger partial charge in [0.1, 0.15) is 6.61 Å². The molecule has 0 aromatic heterocycles. The molecule has 2 aliphatic carbocycles. The Balaban J connectivity index is 1.34. The zero-order valence-corrected chi connectivity index (χ0v) is 20.2. The van der Waals surface area contributed by atoms with Crippen molar-refractivity contribution in [3.63, 3.8) is 0 Å². The van der Waals surface area contributed by atoms with Gasteiger partial charge in [-0.1, -0.05) is 67.8 Å². The standard InChI is InChI=1S/C28H34N2O5/c1-19(15-26(32)33)30-25(31)16-28(13-7-2-8-14-28)18-29-27(34)35-17-24-22-11-5-3-9-20(22)21-10-4-6-12-23(21)24/h3-6,9-12,19,24H,2,7-8,13-18H2,1H3,(H,29,34)(H,30,31)(H,32,33)/t19-/m0/s1. The van der Waals surface area contributed by atoms with Crippen molar-refractivity contribution in [1.82, 2.24) is 10.6 Å². The van der Waals surface area contributed by atoms with E-state index in [2.05, 4.69) is 34.9 Å². The summed E-state index contributed by atoms with van der Waals surface area (Å²) in [4.78, 5) is 36.2. The summed E-state index contributed by atoms with van der Waals surface area (Å²) in [5.41, 5.74) is 4.36. The number of ether oxygens (including phenoxy) is 1. The third-order valence-corrected chi connectivity index (χ3v) is 7.29. The zero-order valence-electron chi connectivity index (χ0n) is 20.2. The molecule has 0 spiro atoms. The minimum Gasteiger partial charge on any atom is -0.481 e. The van der Waals surface area contributed by atoms with E-state index in [1.54, 1.807) is 6.92 Å². The Labute approximate surface area is 206 Å². The molecule has 3 N–H and O–H groups in total. The van der Waals surface area contributed by atoms with Gasteiger partial charge in [-0.3, -0.25) is 9.59 Å². The van der Waals surface area contributed by atoms with Crippen LogP contribution < -0.4 is 10.6 Å². The van der Waals surface area contributed by atoms with Crippen LogP contribution in [-0.2, 0) is 14.3 Å². The maximum Gasteiger partial charge on any atom is 0.407 e. The largest absolute Gasteiger partial charge is 0.481 e. The van der Waals surface area contributed by atoms with E-state index in [9.17, 15) is 14.4 Å². The van der Waals surface area contributed by atoms with Gasteiger partial charge in [0, 0.05) is 24.9 Å². The van der Waals surface area contributed by atoms with Crippen molar-refractivity contribution in [2.45, 2.75) is 63.8 Å². The first kappa shape index (κ1) is 24.8. The predicted molar refractivity (Wildman–Crippen MR) is 133 cm³/mol. The van der Waals surface area contributed by atoms with Crippen molar-refractivity contribution in [2.24, 2.45) is 5.41 Å². The minimum absolute atomic E-state index is 0.00158. The molecule has 1 atom stereocenters. The SMILES string of the molecule is C[C@@H](CC(=O)O)NC(=O)CC1(CNC(=O)OCC2c3ccccc3-c3ccccc32)CCCCC1. The van der Waals surface area contributed by atoms with Crippen LogP contribution in [0.15, 0.2) is 48.5 Å². The number of carboxylic acid groups (broad SMARTS) is 1. The molecule has 4 rings (SSSR count). The number of rotatable bonds is 9. The van der Waals surface area contributed by atoms with Crippen LogP contribution in [0.5, 0.6) is 0 Å². The van der Waals surface area contributed by atoms with E-state index in [4.69, 9.17) is 9.84 Å². The molecule has 2 aromatic carbocycles. The Morgan fingerprint density at radius 1 is 1.00 bits per heavy atom. The molecule has 0 heterocycles. The average Bonchev–Trinajstić information content (AvgIpc) is 3.15. The summed E-state index contributed by atoms with van der Waals surface area (Å²) in [5.74, 6) is -1.12. The van der Waals surface area contributed by atoms with Crippen LogP contribution in [0.1, 0.15) is 68.9 Å². The lowest BCUT2D eigenvalue weighted by molar-refractivity contribution is -0.137. The third-order valence-electron chi connectivity index (χ3n) is 7.29. The van der Waals surface area contributed by atoms with Crippen LogP contribution in [0.3, 0.4) is 0 Å². The number of hydrogen-bond acceptors (Lipinski definition) is 4. The number of hydrogen-bond donors (Lipinski definition) is 3. The third kappa shape index (κ3) is 6.02. The summed E-state index contributed by atoms with van der Waals surface area (Å²) in [5, 5.41) is 14.6. The number of amides is 2. The molecule has 0 aliphatic heterocycles. The fourth-order valence-electron chi connectivity index (χ4n) is 5.61. The number of carbonyl (C=O) groups excluding carboxylic acids is 2. The zero-order chi connectivity index (χ0) is 24.8. The number of aliphatic carboxylic acids is 1. The molecule has 2 aromatic rings. The number of alkyl carbamates (subject to hydrolysis) is 1. The lowest BCUT2D eigenvalue weighted by atomic mass is 9.71. The molecule has 1 saturated carbocycles. The molecule has 0 unspecified atom stereocenters. The first-order valence-corrected chi connectivity index (χ1v) is 12.5. The van der Waals surface area contributed by atoms with Crippen molar-refractivity contribution in [2.75, 3.05) is 13.2 Å². The molecule has 0 radical (unpaired) electrons. The number of carbonyl (C=O) groups is 3. The lowest BCUT2D eigenvalue weighted by Gasteiger charge is -2.37. The van der Waals surface area contributed by atoms with Crippen molar-refractivity contribution in [3.8, 4) is 11.1 Å². The molecule has 186 valence electrons. The van der Waals surface area contributed by atoms with E-state index >= 15 is 0 Å². The minimum atomic E-state index is -0.942. The highest BCUT2D eigenvalue weighted by molar-refractivity contribution is 5.79. The number of fused-ring (bicyclic) bond motifs is 3. The maximum atomic E-state index is 12.7. The molecule has 7 nitrogen and oxygen atoms in total. The van der Waals surface area contributed by atoms with E-state index in [1.165, 1.54) is 11.1 Å². The van der Waals surface area contributed by atoms with Crippen molar-refractivity contribution < 1.29 is 24.2 Å². The second-order valence-electron chi connectivity index (χ2n) is 9.98. The molecule has 35 heavy (non-hydrogen) atoms. The second-order valence-corrected chi connectivity index (χ2v) is 9.98. The van der Waals surface area contributed by atoms with Gasteiger partial charge in [-0.2, -0.15) is 0 Å². The van der Waals surface area contributed by atoms with Crippen LogP contribution in [0.4, 0.5) is 4.79 Å². The summed E-state index contributed by atoms with van der Waals surface area (Å²) in [7, 11) is 0. The Morgan fingerprint density at radius 3 is 2.20 bits per heavy atom. The fourth-order valence-corrected chi connectivity index (χ4v) is 5.61. The number of benzene rings is 2. The van der Waals surface area contributed by atoms with E-state index in [1.807, 2.05) is 24.3 Å². The van der Waals surface area contributed by atoms with Gasteiger partial charge in [-0.05, 0) is 47.4 Å². The van der Waals surface area contributed by atoms with Gasteiger partial charge >= 0.3 is 12.1 Å². The second kappa shape index (κ2) is 10.9. The molecular formula is C28H34N2O5. The van der Waals surface area contributed by atoms with Gasteiger partial charge in [0.05, 0.1) is 6.42 Å². The van der Waals surface area contributed by atoms with Crippen LogP contribution in [0.2, 0.25) is 0 Å². The van der Waals surface area contributed by atoms with E-state index < -0.39 is 18.1 Å².